The minimum absolute atomic E-state index is 0.163. The fourth-order valence-corrected chi connectivity index (χ4v) is 2.89. The Morgan fingerprint density at radius 3 is 2.61 bits per heavy atom. The molecular formula is C15H23FN2. The minimum Gasteiger partial charge on any atom is -0.330 e. The van der Waals surface area contributed by atoms with Crippen molar-refractivity contribution < 1.29 is 4.39 Å². The highest BCUT2D eigenvalue weighted by Crippen LogP contribution is 2.26. The van der Waals surface area contributed by atoms with Crippen LogP contribution in [-0.2, 0) is 0 Å². The van der Waals surface area contributed by atoms with E-state index in [9.17, 15) is 4.39 Å². The summed E-state index contributed by atoms with van der Waals surface area (Å²) in [5, 5.41) is 0. The van der Waals surface area contributed by atoms with Crippen molar-refractivity contribution in [2.75, 3.05) is 19.6 Å². The smallest absolute Gasteiger partial charge is 0.123 e. The molecule has 0 amide bonds. The summed E-state index contributed by atoms with van der Waals surface area (Å²) in [6.07, 6.45) is 1.20. The molecule has 1 aliphatic heterocycles. The van der Waals surface area contributed by atoms with E-state index in [1.807, 2.05) is 12.1 Å². The van der Waals surface area contributed by atoms with Gasteiger partial charge in [-0.2, -0.15) is 0 Å². The number of hydrogen-bond acceptors (Lipinski definition) is 2. The molecule has 2 nitrogen and oxygen atoms in total. The second-order valence-electron chi connectivity index (χ2n) is 5.59. The van der Waals surface area contributed by atoms with Crippen molar-refractivity contribution in [3.05, 3.63) is 35.6 Å². The number of nitrogens with zero attached hydrogens (tertiary/aromatic N) is 1. The summed E-state index contributed by atoms with van der Waals surface area (Å²) in [5.74, 6) is 0.911. The highest BCUT2D eigenvalue weighted by molar-refractivity contribution is 5.20. The van der Waals surface area contributed by atoms with Gasteiger partial charge in [0.25, 0.3) is 0 Å². The van der Waals surface area contributed by atoms with Crippen LogP contribution in [0.3, 0.4) is 0 Å². The average molecular weight is 250 g/mol. The Bertz CT molecular complexity index is 377. The second kappa shape index (κ2) is 5.81. The Hall–Kier alpha value is -0.930. The maximum atomic E-state index is 12.9. The zero-order valence-corrected chi connectivity index (χ0v) is 11.3. The molecule has 3 heteroatoms. The number of nitrogens with two attached hydrogens (primary N) is 1. The number of benzene rings is 1. The third kappa shape index (κ3) is 3.09. The molecule has 0 bridgehead atoms. The van der Waals surface area contributed by atoms with Gasteiger partial charge in [0, 0.05) is 19.1 Å². The second-order valence-corrected chi connectivity index (χ2v) is 5.59. The van der Waals surface area contributed by atoms with E-state index in [2.05, 4.69) is 18.7 Å². The van der Waals surface area contributed by atoms with Crippen LogP contribution in [0.5, 0.6) is 0 Å². The fraction of sp³-hybridized carbons (Fsp3) is 0.600. The minimum atomic E-state index is -0.163. The maximum absolute atomic E-state index is 12.9. The van der Waals surface area contributed by atoms with Crippen molar-refractivity contribution in [2.45, 2.75) is 32.2 Å². The van der Waals surface area contributed by atoms with Crippen molar-refractivity contribution in [1.29, 1.82) is 0 Å². The van der Waals surface area contributed by atoms with Crippen molar-refractivity contribution in [1.82, 2.24) is 4.90 Å². The van der Waals surface area contributed by atoms with Crippen molar-refractivity contribution in [2.24, 2.45) is 11.7 Å². The molecule has 0 radical (unpaired) electrons. The van der Waals surface area contributed by atoms with E-state index in [0.29, 0.717) is 17.9 Å². The SMILES string of the molecule is CC(CN1CC(CN)CC1C)c1ccc(F)cc1. The first-order valence-corrected chi connectivity index (χ1v) is 6.79. The van der Waals surface area contributed by atoms with Crippen LogP contribution in [-0.4, -0.2) is 30.6 Å². The predicted octanol–water partition coefficient (Wildman–Crippen LogP) is 2.60. The lowest BCUT2D eigenvalue weighted by Gasteiger charge is -2.25. The highest BCUT2D eigenvalue weighted by Gasteiger charge is 2.28. The first kappa shape index (κ1) is 13.5. The van der Waals surface area contributed by atoms with Crippen LogP contribution in [0.1, 0.15) is 31.7 Å². The molecule has 1 fully saturated rings. The van der Waals surface area contributed by atoms with E-state index < -0.39 is 0 Å². The Kier molecular flexibility index (Phi) is 4.36. The quantitative estimate of drug-likeness (QED) is 0.890. The summed E-state index contributed by atoms with van der Waals surface area (Å²) in [5.41, 5.74) is 6.96. The fourth-order valence-electron chi connectivity index (χ4n) is 2.89. The summed E-state index contributed by atoms with van der Waals surface area (Å²) in [7, 11) is 0. The molecule has 0 spiro atoms. The zero-order valence-electron chi connectivity index (χ0n) is 11.3. The van der Waals surface area contributed by atoms with Gasteiger partial charge in [-0.25, -0.2) is 4.39 Å². The van der Waals surface area contributed by atoms with Crippen LogP contribution >= 0.6 is 0 Å². The summed E-state index contributed by atoms with van der Waals surface area (Å²) in [6, 6.07) is 7.48. The van der Waals surface area contributed by atoms with E-state index in [0.717, 1.165) is 19.6 Å². The van der Waals surface area contributed by atoms with Crippen LogP contribution in [0.15, 0.2) is 24.3 Å². The molecule has 1 heterocycles. The number of halogens is 1. The van der Waals surface area contributed by atoms with Gasteiger partial charge in [-0.3, -0.25) is 4.90 Å². The van der Waals surface area contributed by atoms with Gasteiger partial charge >= 0.3 is 0 Å². The molecule has 0 saturated carbocycles. The molecule has 1 aromatic rings. The van der Waals surface area contributed by atoms with Crippen LogP contribution in [0.4, 0.5) is 4.39 Å². The average Bonchev–Trinajstić information content (AvgIpc) is 2.71. The van der Waals surface area contributed by atoms with E-state index in [1.165, 1.54) is 12.0 Å². The topological polar surface area (TPSA) is 29.3 Å². The molecule has 1 aromatic carbocycles. The molecular weight excluding hydrogens is 227 g/mol. The lowest BCUT2D eigenvalue weighted by atomic mass is 10.0. The van der Waals surface area contributed by atoms with Crippen molar-refractivity contribution in [3.63, 3.8) is 0 Å². The molecule has 0 aromatic heterocycles. The summed E-state index contributed by atoms with van der Waals surface area (Å²) in [4.78, 5) is 2.51. The van der Waals surface area contributed by atoms with Crippen LogP contribution in [0, 0.1) is 11.7 Å². The zero-order chi connectivity index (χ0) is 13.1. The molecule has 2 rings (SSSR count). The molecule has 1 saturated heterocycles. The maximum Gasteiger partial charge on any atom is 0.123 e. The van der Waals surface area contributed by atoms with Gasteiger partial charge in [0.15, 0.2) is 0 Å². The third-order valence-electron chi connectivity index (χ3n) is 4.07. The number of likely N-dealkylation sites (tertiary alicyclic amines) is 1. The molecule has 1 aliphatic rings. The van der Waals surface area contributed by atoms with Gasteiger partial charge in [0.05, 0.1) is 0 Å². The van der Waals surface area contributed by atoms with Crippen LogP contribution < -0.4 is 5.73 Å². The van der Waals surface area contributed by atoms with E-state index >= 15 is 0 Å². The van der Waals surface area contributed by atoms with E-state index in [-0.39, 0.29) is 5.82 Å². The first-order valence-electron chi connectivity index (χ1n) is 6.79. The summed E-state index contributed by atoms with van der Waals surface area (Å²) < 4.78 is 12.9. The monoisotopic (exact) mass is 250 g/mol. The van der Waals surface area contributed by atoms with Gasteiger partial charge in [0.1, 0.15) is 5.82 Å². The molecule has 3 unspecified atom stereocenters. The number of rotatable bonds is 4. The Morgan fingerprint density at radius 1 is 1.39 bits per heavy atom. The van der Waals surface area contributed by atoms with Gasteiger partial charge in [-0.1, -0.05) is 19.1 Å². The largest absolute Gasteiger partial charge is 0.330 e. The first-order chi connectivity index (χ1) is 8.60. The van der Waals surface area contributed by atoms with Gasteiger partial charge in [-0.05, 0) is 49.4 Å². The van der Waals surface area contributed by atoms with E-state index in [4.69, 9.17) is 5.73 Å². The highest BCUT2D eigenvalue weighted by atomic mass is 19.1. The van der Waals surface area contributed by atoms with Crippen molar-refractivity contribution in [3.8, 4) is 0 Å². The van der Waals surface area contributed by atoms with Gasteiger partial charge in [-0.15, -0.1) is 0 Å². The molecule has 3 atom stereocenters. The third-order valence-corrected chi connectivity index (χ3v) is 4.07. The van der Waals surface area contributed by atoms with E-state index in [1.54, 1.807) is 12.1 Å². The Balaban J connectivity index is 1.95. The van der Waals surface area contributed by atoms with Gasteiger partial charge in [0.2, 0.25) is 0 Å². The lowest BCUT2D eigenvalue weighted by Crippen LogP contribution is -2.31. The molecule has 18 heavy (non-hydrogen) atoms. The number of hydrogen-bond donors (Lipinski definition) is 1. The normalized spacial score (nSPS) is 26.4. The molecule has 100 valence electrons. The standard InChI is InChI=1S/C15H23FN2/c1-11(14-3-5-15(16)6-4-14)9-18-10-13(8-17)7-12(18)2/h3-6,11-13H,7-10,17H2,1-2H3. The van der Waals surface area contributed by atoms with Crippen LogP contribution in [0.2, 0.25) is 0 Å². The predicted molar refractivity (Wildman–Crippen MR) is 73.0 cm³/mol. The van der Waals surface area contributed by atoms with Crippen LogP contribution in [0.25, 0.3) is 0 Å². The Labute approximate surface area is 109 Å². The molecule has 0 aliphatic carbocycles. The lowest BCUT2D eigenvalue weighted by molar-refractivity contribution is 0.251. The molecule has 2 N–H and O–H groups in total. The summed E-state index contributed by atoms with van der Waals surface area (Å²) >= 11 is 0. The Morgan fingerprint density at radius 2 is 2.06 bits per heavy atom. The summed E-state index contributed by atoms with van der Waals surface area (Å²) in [6.45, 7) is 7.39. The van der Waals surface area contributed by atoms with Gasteiger partial charge < -0.3 is 5.73 Å². The van der Waals surface area contributed by atoms with Crippen molar-refractivity contribution >= 4 is 0 Å².